The maximum Gasteiger partial charge on any atom is 0.242 e. The van der Waals surface area contributed by atoms with Crippen molar-refractivity contribution in [1.82, 2.24) is 20.9 Å². The van der Waals surface area contributed by atoms with Crippen molar-refractivity contribution in [2.75, 3.05) is 59.6 Å². The molecule has 164 valence electrons. The van der Waals surface area contributed by atoms with Gasteiger partial charge in [-0.3, -0.25) is 9.69 Å². The molecular formula is C20H34IN5O3. The molecule has 0 saturated carbocycles. The van der Waals surface area contributed by atoms with Crippen LogP contribution in [0, 0.1) is 0 Å². The number of carbonyl (C=O) groups excluding carboxylic acids is 1. The van der Waals surface area contributed by atoms with Crippen LogP contribution < -0.4 is 20.7 Å². The van der Waals surface area contributed by atoms with E-state index >= 15 is 0 Å². The molecular weight excluding hydrogens is 485 g/mol. The highest BCUT2D eigenvalue weighted by Gasteiger charge is 2.09. The maximum absolute atomic E-state index is 12.1. The Balaban J connectivity index is 0.00000420. The monoisotopic (exact) mass is 519 g/mol. The Morgan fingerprint density at radius 2 is 1.90 bits per heavy atom. The molecule has 0 aliphatic carbocycles. The zero-order valence-electron chi connectivity index (χ0n) is 17.4. The normalized spacial score (nSPS) is 14.6. The van der Waals surface area contributed by atoms with Crippen LogP contribution in [0.4, 0.5) is 0 Å². The average Bonchev–Trinajstić information content (AvgIpc) is 2.74. The Kier molecular flexibility index (Phi) is 13.4. The molecule has 3 N–H and O–H groups in total. The molecule has 1 aromatic rings. The number of hydrogen-bond acceptors (Lipinski definition) is 5. The summed E-state index contributed by atoms with van der Waals surface area (Å²) in [5.41, 5.74) is 1.02. The first-order valence-corrected chi connectivity index (χ1v) is 9.93. The summed E-state index contributed by atoms with van der Waals surface area (Å²) in [6, 6.07) is 7.62. The van der Waals surface area contributed by atoms with Crippen LogP contribution in [0.2, 0.25) is 0 Å². The number of hydrogen-bond donors (Lipinski definition) is 3. The van der Waals surface area contributed by atoms with Crippen molar-refractivity contribution in [1.29, 1.82) is 0 Å². The number of morpholine rings is 1. The van der Waals surface area contributed by atoms with Gasteiger partial charge in [-0.15, -0.1) is 24.0 Å². The van der Waals surface area contributed by atoms with Crippen LogP contribution in [-0.4, -0.2) is 76.4 Å². The third kappa shape index (κ3) is 10.7. The lowest BCUT2D eigenvalue weighted by Crippen LogP contribution is -2.41. The first-order valence-electron chi connectivity index (χ1n) is 9.93. The number of carbonyl (C=O) groups is 1. The summed E-state index contributed by atoms with van der Waals surface area (Å²) in [6.45, 7) is 8.83. The third-order valence-electron chi connectivity index (χ3n) is 4.42. The van der Waals surface area contributed by atoms with E-state index in [0.29, 0.717) is 12.5 Å². The highest BCUT2D eigenvalue weighted by atomic mass is 127. The van der Waals surface area contributed by atoms with Crippen molar-refractivity contribution >= 4 is 35.8 Å². The first kappa shape index (κ1) is 25.4. The van der Waals surface area contributed by atoms with E-state index in [1.807, 2.05) is 31.2 Å². The summed E-state index contributed by atoms with van der Waals surface area (Å²) in [4.78, 5) is 18.8. The zero-order chi connectivity index (χ0) is 20.0. The minimum absolute atomic E-state index is 0. The number of benzene rings is 1. The average molecular weight is 519 g/mol. The fraction of sp³-hybridized carbons (Fsp3) is 0.600. The SMILES string of the molecule is CCNC(=NCC(=O)NCc1ccc(OC)cc1)NCCCN1CCOCC1.I. The van der Waals surface area contributed by atoms with Crippen molar-refractivity contribution in [3.05, 3.63) is 29.8 Å². The Bertz CT molecular complexity index is 607. The minimum atomic E-state index is -0.110. The van der Waals surface area contributed by atoms with E-state index < -0.39 is 0 Å². The molecule has 1 saturated heterocycles. The van der Waals surface area contributed by atoms with Crippen molar-refractivity contribution in [3.8, 4) is 5.75 Å². The second-order valence-corrected chi connectivity index (χ2v) is 6.55. The van der Waals surface area contributed by atoms with Gasteiger partial charge < -0.3 is 25.4 Å². The van der Waals surface area contributed by atoms with Crippen molar-refractivity contribution < 1.29 is 14.3 Å². The second kappa shape index (κ2) is 15.3. The number of ether oxygens (including phenoxy) is 2. The van der Waals surface area contributed by atoms with Crippen molar-refractivity contribution in [3.63, 3.8) is 0 Å². The van der Waals surface area contributed by atoms with E-state index in [1.165, 1.54) is 0 Å². The van der Waals surface area contributed by atoms with Crippen molar-refractivity contribution in [2.45, 2.75) is 19.9 Å². The molecule has 0 spiro atoms. The van der Waals surface area contributed by atoms with Gasteiger partial charge in [0.1, 0.15) is 12.3 Å². The van der Waals surface area contributed by atoms with Gasteiger partial charge in [0.2, 0.25) is 5.91 Å². The molecule has 1 aliphatic rings. The van der Waals surface area contributed by atoms with Crippen LogP contribution in [-0.2, 0) is 16.1 Å². The fourth-order valence-electron chi connectivity index (χ4n) is 2.83. The van der Waals surface area contributed by atoms with Gasteiger partial charge in [0.15, 0.2) is 5.96 Å². The topological polar surface area (TPSA) is 87.2 Å². The molecule has 1 aromatic carbocycles. The molecule has 1 heterocycles. The molecule has 2 rings (SSSR count). The molecule has 0 radical (unpaired) electrons. The van der Waals surface area contributed by atoms with Crippen LogP contribution in [0.5, 0.6) is 5.75 Å². The predicted molar refractivity (Wildman–Crippen MR) is 126 cm³/mol. The molecule has 1 amide bonds. The van der Waals surface area contributed by atoms with E-state index in [9.17, 15) is 4.79 Å². The van der Waals surface area contributed by atoms with E-state index in [0.717, 1.165) is 63.7 Å². The summed E-state index contributed by atoms with van der Waals surface area (Å²) < 4.78 is 10.5. The van der Waals surface area contributed by atoms with Gasteiger partial charge in [-0.25, -0.2) is 4.99 Å². The largest absolute Gasteiger partial charge is 0.497 e. The summed E-state index contributed by atoms with van der Waals surface area (Å²) in [5, 5.41) is 9.35. The van der Waals surface area contributed by atoms with Gasteiger partial charge in [-0.1, -0.05) is 12.1 Å². The number of halogens is 1. The molecule has 29 heavy (non-hydrogen) atoms. The Morgan fingerprint density at radius 3 is 2.55 bits per heavy atom. The van der Waals surface area contributed by atoms with E-state index in [2.05, 4.69) is 25.8 Å². The zero-order valence-corrected chi connectivity index (χ0v) is 19.7. The Morgan fingerprint density at radius 1 is 1.17 bits per heavy atom. The number of amides is 1. The van der Waals surface area contributed by atoms with Crippen LogP contribution in [0.1, 0.15) is 18.9 Å². The standard InChI is InChI=1S/C20H33N5O3.HI/c1-3-21-20(22-9-4-10-25-11-13-28-14-12-25)24-16-19(26)23-15-17-5-7-18(27-2)8-6-17;/h5-8H,3-4,9-16H2,1-2H3,(H,23,26)(H2,21,22,24);1H. The predicted octanol–water partition coefficient (Wildman–Crippen LogP) is 1.21. The minimum Gasteiger partial charge on any atom is -0.497 e. The summed E-state index contributed by atoms with van der Waals surface area (Å²) in [6.07, 6.45) is 1.02. The van der Waals surface area contributed by atoms with Gasteiger partial charge in [0, 0.05) is 32.7 Å². The maximum atomic E-state index is 12.1. The quantitative estimate of drug-likeness (QED) is 0.187. The molecule has 9 heteroatoms. The highest BCUT2D eigenvalue weighted by molar-refractivity contribution is 14.0. The summed E-state index contributed by atoms with van der Waals surface area (Å²) in [5.74, 6) is 1.36. The number of nitrogens with zero attached hydrogens (tertiary/aromatic N) is 2. The lowest BCUT2D eigenvalue weighted by Gasteiger charge is -2.26. The summed E-state index contributed by atoms with van der Waals surface area (Å²) >= 11 is 0. The molecule has 0 aromatic heterocycles. The number of nitrogens with one attached hydrogen (secondary N) is 3. The van der Waals surface area contributed by atoms with E-state index in [4.69, 9.17) is 9.47 Å². The molecule has 0 bridgehead atoms. The van der Waals surface area contributed by atoms with Crippen molar-refractivity contribution in [2.24, 2.45) is 4.99 Å². The van der Waals surface area contributed by atoms with Gasteiger partial charge in [0.25, 0.3) is 0 Å². The van der Waals surface area contributed by atoms with Crippen LogP contribution in [0.3, 0.4) is 0 Å². The summed E-state index contributed by atoms with van der Waals surface area (Å²) in [7, 11) is 1.63. The number of rotatable bonds is 10. The highest BCUT2D eigenvalue weighted by Crippen LogP contribution is 2.10. The number of guanidine groups is 1. The molecule has 0 atom stereocenters. The van der Waals surface area contributed by atoms with Gasteiger partial charge in [-0.2, -0.15) is 0 Å². The molecule has 0 unspecified atom stereocenters. The molecule has 1 fully saturated rings. The molecule has 1 aliphatic heterocycles. The smallest absolute Gasteiger partial charge is 0.242 e. The van der Waals surface area contributed by atoms with Gasteiger partial charge in [-0.05, 0) is 37.6 Å². The Labute approximate surface area is 190 Å². The van der Waals surface area contributed by atoms with Gasteiger partial charge >= 0.3 is 0 Å². The second-order valence-electron chi connectivity index (χ2n) is 6.55. The van der Waals surface area contributed by atoms with Gasteiger partial charge in [0.05, 0.1) is 20.3 Å². The number of methoxy groups -OCH3 is 1. The lowest BCUT2D eigenvalue weighted by atomic mass is 10.2. The first-order chi connectivity index (χ1) is 13.7. The Hall–Kier alpha value is -1.59. The van der Waals surface area contributed by atoms with E-state index in [-0.39, 0.29) is 36.4 Å². The molecule has 8 nitrogen and oxygen atoms in total. The van der Waals surface area contributed by atoms with Crippen LogP contribution >= 0.6 is 24.0 Å². The third-order valence-corrected chi connectivity index (χ3v) is 4.42. The van der Waals surface area contributed by atoms with Crippen LogP contribution in [0.25, 0.3) is 0 Å². The van der Waals surface area contributed by atoms with E-state index in [1.54, 1.807) is 7.11 Å². The fourth-order valence-corrected chi connectivity index (χ4v) is 2.83. The number of aliphatic imine (C=N–C) groups is 1. The lowest BCUT2D eigenvalue weighted by molar-refractivity contribution is -0.119. The van der Waals surface area contributed by atoms with Crippen LogP contribution in [0.15, 0.2) is 29.3 Å².